The van der Waals surface area contributed by atoms with E-state index in [1.807, 2.05) is 26.8 Å². The lowest BCUT2D eigenvalue weighted by molar-refractivity contribution is 0.0285. The van der Waals surface area contributed by atoms with Gasteiger partial charge in [-0.2, -0.15) is 5.26 Å². The average molecular weight is 337 g/mol. The molecular formula is C17H21ClN2O3. The van der Waals surface area contributed by atoms with E-state index in [4.69, 9.17) is 26.3 Å². The molecule has 6 heteroatoms. The third-order valence-corrected chi connectivity index (χ3v) is 3.80. The smallest absolute Gasteiger partial charge is 0.410 e. The molecule has 1 aromatic rings. The summed E-state index contributed by atoms with van der Waals surface area (Å²) in [5.74, 6) is 0.890. The van der Waals surface area contributed by atoms with E-state index in [0.29, 0.717) is 36.0 Å². The van der Waals surface area contributed by atoms with Crippen LogP contribution in [0, 0.1) is 17.2 Å². The summed E-state index contributed by atoms with van der Waals surface area (Å²) in [4.78, 5) is 13.7. The first-order valence-electron chi connectivity index (χ1n) is 7.59. The van der Waals surface area contributed by atoms with E-state index in [0.717, 1.165) is 6.42 Å². The van der Waals surface area contributed by atoms with Crippen molar-refractivity contribution in [3.05, 3.63) is 28.8 Å². The van der Waals surface area contributed by atoms with Crippen LogP contribution in [0.1, 0.15) is 32.8 Å². The molecule has 5 nitrogen and oxygen atoms in total. The molecule has 0 aromatic heterocycles. The summed E-state index contributed by atoms with van der Waals surface area (Å²) in [7, 11) is 0. The normalized spacial score (nSPS) is 17.7. The van der Waals surface area contributed by atoms with Crippen LogP contribution < -0.4 is 4.74 Å². The van der Waals surface area contributed by atoms with Crippen LogP contribution in [0.3, 0.4) is 0 Å². The monoisotopic (exact) mass is 336 g/mol. The molecule has 0 aliphatic carbocycles. The number of likely N-dealkylation sites (tertiary alicyclic amines) is 1. The van der Waals surface area contributed by atoms with Gasteiger partial charge in [0.05, 0.1) is 17.2 Å². The van der Waals surface area contributed by atoms with Crippen molar-refractivity contribution in [2.75, 3.05) is 19.7 Å². The first-order valence-corrected chi connectivity index (χ1v) is 7.96. The van der Waals surface area contributed by atoms with Crippen LogP contribution in [-0.4, -0.2) is 36.3 Å². The second-order valence-electron chi connectivity index (χ2n) is 6.65. The third kappa shape index (κ3) is 5.04. The summed E-state index contributed by atoms with van der Waals surface area (Å²) in [5.41, 5.74) is -0.0544. The largest absolute Gasteiger partial charge is 0.493 e. The number of carbonyl (C=O) groups excluding carboxylic acids is 1. The maximum Gasteiger partial charge on any atom is 0.410 e. The van der Waals surface area contributed by atoms with E-state index in [2.05, 4.69) is 0 Å². The summed E-state index contributed by atoms with van der Waals surface area (Å²) in [6.07, 6.45) is 0.602. The molecule has 1 amide bonds. The van der Waals surface area contributed by atoms with Crippen molar-refractivity contribution < 1.29 is 14.3 Å². The maximum absolute atomic E-state index is 12.0. The Balaban J connectivity index is 1.83. The highest BCUT2D eigenvalue weighted by Crippen LogP contribution is 2.24. The second kappa shape index (κ2) is 7.10. The van der Waals surface area contributed by atoms with Crippen LogP contribution in [-0.2, 0) is 4.74 Å². The molecule has 1 heterocycles. The van der Waals surface area contributed by atoms with Gasteiger partial charge in [0.2, 0.25) is 0 Å². The summed E-state index contributed by atoms with van der Waals surface area (Å²) >= 11 is 5.98. The molecule has 0 saturated carbocycles. The molecule has 1 fully saturated rings. The summed E-state index contributed by atoms with van der Waals surface area (Å²) in [6, 6.07) is 7.02. The fourth-order valence-electron chi connectivity index (χ4n) is 2.35. The van der Waals surface area contributed by atoms with Gasteiger partial charge in [0.15, 0.2) is 0 Å². The van der Waals surface area contributed by atoms with Crippen LogP contribution in [0.4, 0.5) is 4.79 Å². The first-order chi connectivity index (χ1) is 10.8. The Morgan fingerprint density at radius 1 is 1.48 bits per heavy atom. The number of ether oxygens (including phenoxy) is 2. The van der Waals surface area contributed by atoms with Crippen LogP contribution in [0.15, 0.2) is 18.2 Å². The Bertz CT molecular complexity index is 619. The van der Waals surface area contributed by atoms with E-state index in [-0.39, 0.29) is 12.0 Å². The Morgan fingerprint density at radius 2 is 2.22 bits per heavy atom. The van der Waals surface area contributed by atoms with Gasteiger partial charge < -0.3 is 14.4 Å². The summed E-state index contributed by atoms with van der Waals surface area (Å²) in [6.45, 7) is 7.38. The topological polar surface area (TPSA) is 62.6 Å². The van der Waals surface area contributed by atoms with Gasteiger partial charge in [0, 0.05) is 25.1 Å². The van der Waals surface area contributed by atoms with E-state index in [9.17, 15) is 4.79 Å². The molecule has 0 N–H and O–H groups in total. The van der Waals surface area contributed by atoms with Crippen molar-refractivity contribution in [2.45, 2.75) is 32.8 Å². The predicted octanol–water partition coefficient (Wildman–Crippen LogP) is 3.85. The molecule has 0 bridgehead atoms. The Morgan fingerprint density at radius 3 is 2.83 bits per heavy atom. The second-order valence-corrected chi connectivity index (χ2v) is 7.05. The molecule has 124 valence electrons. The molecule has 1 atom stereocenters. The molecule has 0 spiro atoms. The lowest BCUT2D eigenvalue weighted by Gasteiger charge is -2.24. The van der Waals surface area contributed by atoms with Crippen molar-refractivity contribution in [1.29, 1.82) is 5.26 Å². The van der Waals surface area contributed by atoms with Gasteiger partial charge in [-0.05, 0) is 39.3 Å². The highest BCUT2D eigenvalue weighted by Gasteiger charge is 2.30. The summed E-state index contributed by atoms with van der Waals surface area (Å²) in [5, 5.41) is 9.23. The highest BCUT2D eigenvalue weighted by atomic mass is 35.5. The number of halogens is 1. The van der Waals surface area contributed by atoms with Gasteiger partial charge in [-0.15, -0.1) is 0 Å². The van der Waals surface area contributed by atoms with Crippen LogP contribution >= 0.6 is 11.6 Å². The van der Waals surface area contributed by atoms with Gasteiger partial charge in [0.25, 0.3) is 0 Å². The zero-order chi connectivity index (χ0) is 17.0. The van der Waals surface area contributed by atoms with Gasteiger partial charge in [-0.1, -0.05) is 11.6 Å². The Labute approximate surface area is 141 Å². The lowest BCUT2D eigenvalue weighted by atomic mass is 10.1. The molecule has 1 unspecified atom stereocenters. The van der Waals surface area contributed by atoms with Crippen LogP contribution in [0.2, 0.25) is 5.02 Å². The first kappa shape index (κ1) is 17.4. The SMILES string of the molecule is CC(C)(C)OC(=O)N1CCC(COc2ccc(C#N)c(Cl)c2)C1. The molecule has 23 heavy (non-hydrogen) atoms. The maximum atomic E-state index is 12.0. The molecule has 1 aliphatic rings. The number of carbonyl (C=O) groups is 1. The van der Waals surface area contributed by atoms with E-state index < -0.39 is 5.60 Å². The average Bonchev–Trinajstić information content (AvgIpc) is 2.92. The Hall–Kier alpha value is -1.93. The van der Waals surface area contributed by atoms with Crippen molar-refractivity contribution in [3.63, 3.8) is 0 Å². The number of nitriles is 1. The quantitative estimate of drug-likeness (QED) is 0.841. The summed E-state index contributed by atoms with van der Waals surface area (Å²) < 4.78 is 11.1. The van der Waals surface area contributed by atoms with Gasteiger partial charge >= 0.3 is 6.09 Å². The van der Waals surface area contributed by atoms with Gasteiger partial charge in [0.1, 0.15) is 17.4 Å². The number of hydrogen-bond donors (Lipinski definition) is 0. The van der Waals surface area contributed by atoms with Crippen LogP contribution in [0.25, 0.3) is 0 Å². The van der Waals surface area contributed by atoms with E-state index >= 15 is 0 Å². The third-order valence-electron chi connectivity index (χ3n) is 3.48. The number of amides is 1. The Kier molecular flexibility index (Phi) is 5.38. The minimum Gasteiger partial charge on any atom is -0.493 e. The van der Waals surface area contributed by atoms with Crippen molar-refractivity contribution in [1.82, 2.24) is 4.90 Å². The molecule has 1 saturated heterocycles. The molecular weight excluding hydrogens is 316 g/mol. The highest BCUT2D eigenvalue weighted by molar-refractivity contribution is 6.31. The number of benzene rings is 1. The fourth-order valence-corrected chi connectivity index (χ4v) is 2.56. The molecule has 1 aliphatic heterocycles. The zero-order valence-electron chi connectivity index (χ0n) is 13.6. The number of nitrogens with zero attached hydrogens (tertiary/aromatic N) is 2. The van der Waals surface area contributed by atoms with Crippen molar-refractivity contribution >= 4 is 17.7 Å². The van der Waals surface area contributed by atoms with Crippen molar-refractivity contribution in [3.8, 4) is 11.8 Å². The van der Waals surface area contributed by atoms with E-state index in [1.54, 1.807) is 23.1 Å². The molecule has 1 aromatic carbocycles. The van der Waals surface area contributed by atoms with Gasteiger partial charge in [-0.3, -0.25) is 0 Å². The lowest BCUT2D eigenvalue weighted by Crippen LogP contribution is -2.35. The van der Waals surface area contributed by atoms with Gasteiger partial charge in [-0.25, -0.2) is 4.79 Å². The van der Waals surface area contributed by atoms with Crippen molar-refractivity contribution in [2.24, 2.45) is 5.92 Å². The standard InChI is InChI=1S/C17H21ClN2O3/c1-17(2,3)23-16(21)20-7-6-12(10-20)11-22-14-5-4-13(9-19)15(18)8-14/h4-5,8,12H,6-7,10-11H2,1-3H3. The molecule has 0 radical (unpaired) electrons. The van der Waals surface area contributed by atoms with Crippen LogP contribution in [0.5, 0.6) is 5.75 Å². The number of rotatable bonds is 3. The predicted molar refractivity (Wildman–Crippen MR) is 87.6 cm³/mol. The fraction of sp³-hybridized carbons (Fsp3) is 0.529. The minimum atomic E-state index is -0.481. The zero-order valence-corrected chi connectivity index (χ0v) is 14.4. The minimum absolute atomic E-state index is 0.261. The molecule has 2 rings (SSSR count). The van der Waals surface area contributed by atoms with E-state index in [1.165, 1.54) is 0 Å². The number of hydrogen-bond acceptors (Lipinski definition) is 4.